The van der Waals surface area contributed by atoms with Gasteiger partial charge < -0.3 is 14.6 Å². The molecule has 0 bridgehead atoms. The third-order valence-corrected chi connectivity index (χ3v) is 5.15. The van der Waals surface area contributed by atoms with Crippen LogP contribution in [0.4, 0.5) is 5.69 Å². The van der Waals surface area contributed by atoms with Crippen LogP contribution in [0.2, 0.25) is 0 Å². The Balaban J connectivity index is 1.65. The number of likely N-dealkylation sites (tertiary alicyclic amines) is 1. The van der Waals surface area contributed by atoms with E-state index < -0.39 is 15.8 Å². The molecule has 25 heavy (non-hydrogen) atoms. The first-order valence-electron chi connectivity index (χ1n) is 7.74. The van der Waals surface area contributed by atoms with Crippen LogP contribution < -0.4 is 5.32 Å². The summed E-state index contributed by atoms with van der Waals surface area (Å²) < 4.78 is 28.4. The minimum absolute atomic E-state index is 0.110. The van der Waals surface area contributed by atoms with Gasteiger partial charge in [-0.2, -0.15) is 0 Å². The minimum Gasteiger partial charge on any atom is -0.467 e. The fourth-order valence-corrected chi connectivity index (χ4v) is 3.41. The van der Waals surface area contributed by atoms with Gasteiger partial charge in [0, 0.05) is 24.9 Å². The number of nitrogens with one attached hydrogen (secondary N) is 1. The van der Waals surface area contributed by atoms with Gasteiger partial charge in [-0.1, -0.05) is 6.07 Å². The van der Waals surface area contributed by atoms with E-state index in [9.17, 15) is 18.0 Å². The van der Waals surface area contributed by atoms with Crippen LogP contribution in [-0.2, 0) is 26.0 Å². The van der Waals surface area contributed by atoms with Crippen molar-refractivity contribution in [2.75, 3.05) is 18.1 Å². The summed E-state index contributed by atoms with van der Waals surface area (Å²) in [6.45, 7) is 0.635. The van der Waals surface area contributed by atoms with E-state index in [0.717, 1.165) is 6.26 Å². The Bertz CT molecular complexity index is 890. The molecule has 1 saturated heterocycles. The van der Waals surface area contributed by atoms with Gasteiger partial charge in [0.2, 0.25) is 11.8 Å². The van der Waals surface area contributed by atoms with Crippen molar-refractivity contribution < 1.29 is 22.4 Å². The highest BCUT2D eigenvalue weighted by atomic mass is 32.2. The van der Waals surface area contributed by atoms with Gasteiger partial charge in [0.25, 0.3) is 0 Å². The number of rotatable bonds is 5. The quantitative estimate of drug-likeness (QED) is 0.873. The standard InChI is InChI=1S/C17H18N2O5S/c1-25(22,23)15-6-2-4-13(9-15)18-17(21)12-8-16(20)19(10-12)11-14-5-3-7-24-14/h2-7,9,12H,8,10-11H2,1H3,(H,18,21). The Morgan fingerprint density at radius 2 is 2.12 bits per heavy atom. The van der Waals surface area contributed by atoms with Crippen molar-refractivity contribution in [3.05, 3.63) is 48.4 Å². The van der Waals surface area contributed by atoms with Crippen molar-refractivity contribution >= 4 is 27.3 Å². The first-order valence-corrected chi connectivity index (χ1v) is 9.63. The zero-order valence-corrected chi connectivity index (χ0v) is 14.5. The molecule has 0 radical (unpaired) electrons. The zero-order valence-electron chi connectivity index (χ0n) is 13.6. The summed E-state index contributed by atoms with van der Waals surface area (Å²) >= 11 is 0. The number of anilines is 1. The lowest BCUT2D eigenvalue weighted by Gasteiger charge is -2.15. The Kier molecular flexibility index (Phi) is 4.63. The molecule has 7 nitrogen and oxygen atoms in total. The molecule has 1 fully saturated rings. The smallest absolute Gasteiger partial charge is 0.229 e. The molecule has 0 aliphatic carbocycles. The number of nitrogens with zero attached hydrogens (tertiary/aromatic N) is 1. The predicted molar refractivity (Wildman–Crippen MR) is 90.4 cm³/mol. The van der Waals surface area contributed by atoms with Crippen LogP contribution in [0.15, 0.2) is 52.0 Å². The third-order valence-electron chi connectivity index (χ3n) is 4.04. The molecule has 1 aliphatic heterocycles. The van der Waals surface area contributed by atoms with E-state index in [4.69, 9.17) is 4.42 Å². The van der Waals surface area contributed by atoms with Gasteiger partial charge >= 0.3 is 0 Å². The molecular weight excluding hydrogens is 344 g/mol. The van der Waals surface area contributed by atoms with E-state index in [2.05, 4.69) is 5.32 Å². The van der Waals surface area contributed by atoms with Crippen LogP contribution in [0.25, 0.3) is 0 Å². The maximum atomic E-state index is 12.4. The number of hydrogen-bond donors (Lipinski definition) is 1. The van der Waals surface area contributed by atoms with Gasteiger partial charge in [-0.25, -0.2) is 8.42 Å². The lowest BCUT2D eigenvalue weighted by atomic mass is 10.1. The summed E-state index contributed by atoms with van der Waals surface area (Å²) in [6.07, 6.45) is 2.77. The van der Waals surface area contributed by atoms with Crippen LogP contribution in [-0.4, -0.2) is 37.9 Å². The first-order chi connectivity index (χ1) is 11.8. The normalized spacial score (nSPS) is 17.7. The summed E-state index contributed by atoms with van der Waals surface area (Å²) in [5.74, 6) is -0.234. The molecule has 3 rings (SSSR count). The fraction of sp³-hybridized carbons (Fsp3) is 0.294. The van der Waals surface area contributed by atoms with E-state index >= 15 is 0 Å². The number of sulfone groups is 1. The third kappa shape index (κ3) is 4.08. The van der Waals surface area contributed by atoms with Crippen molar-refractivity contribution in [2.45, 2.75) is 17.9 Å². The second-order valence-corrected chi connectivity index (χ2v) is 8.06. The van der Waals surface area contributed by atoms with Gasteiger partial charge in [-0.15, -0.1) is 0 Å². The predicted octanol–water partition coefficient (Wildman–Crippen LogP) is 1.67. The summed E-state index contributed by atoms with van der Waals surface area (Å²) in [7, 11) is -3.35. The molecule has 1 aromatic heterocycles. The Morgan fingerprint density at radius 1 is 1.32 bits per heavy atom. The highest BCUT2D eigenvalue weighted by Crippen LogP contribution is 2.23. The lowest BCUT2D eigenvalue weighted by Crippen LogP contribution is -2.27. The van der Waals surface area contributed by atoms with Crippen LogP contribution >= 0.6 is 0 Å². The molecule has 0 spiro atoms. The zero-order chi connectivity index (χ0) is 18.0. The maximum Gasteiger partial charge on any atom is 0.229 e. The van der Waals surface area contributed by atoms with Gasteiger partial charge in [-0.3, -0.25) is 9.59 Å². The second kappa shape index (κ2) is 6.72. The summed E-state index contributed by atoms with van der Waals surface area (Å²) in [4.78, 5) is 26.2. The van der Waals surface area contributed by atoms with Gasteiger partial charge in [-0.05, 0) is 30.3 Å². The Hall–Kier alpha value is -2.61. The van der Waals surface area contributed by atoms with Crippen LogP contribution in [0.1, 0.15) is 12.2 Å². The summed E-state index contributed by atoms with van der Waals surface area (Å²) in [5, 5.41) is 2.69. The molecule has 2 amide bonds. The van der Waals surface area contributed by atoms with E-state index in [1.807, 2.05) is 0 Å². The SMILES string of the molecule is CS(=O)(=O)c1cccc(NC(=O)C2CC(=O)N(Cc3ccco3)C2)c1. The van der Waals surface area contributed by atoms with E-state index in [-0.39, 0.29) is 23.1 Å². The Labute approximate surface area is 145 Å². The van der Waals surface area contributed by atoms with Gasteiger partial charge in [0.1, 0.15) is 5.76 Å². The van der Waals surface area contributed by atoms with E-state index in [1.165, 1.54) is 18.4 Å². The number of benzene rings is 1. The molecule has 2 aromatic rings. The molecule has 8 heteroatoms. The van der Waals surface area contributed by atoms with Crippen LogP contribution in [0.3, 0.4) is 0 Å². The van der Waals surface area contributed by atoms with Crippen LogP contribution in [0.5, 0.6) is 0 Å². The summed E-state index contributed by atoms with van der Waals surface area (Å²) in [6, 6.07) is 9.57. The molecule has 1 atom stereocenters. The number of carbonyl (C=O) groups excluding carboxylic acids is 2. The maximum absolute atomic E-state index is 12.4. The molecule has 1 aromatic carbocycles. The topological polar surface area (TPSA) is 96.7 Å². The molecule has 0 saturated carbocycles. The number of carbonyl (C=O) groups is 2. The van der Waals surface area contributed by atoms with Crippen molar-refractivity contribution in [1.82, 2.24) is 4.90 Å². The molecule has 1 N–H and O–H groups in total. The molecule has 132 valence electrons. The molecule has 1 aliphatic rings. The molecule has 2 heterocycles. The van der Waals surface area contributed by atoms with E-state index in [1.54, 1.807) is 29.2 Å². The van der Waals surface area contributed by atoms with Crippen molar-refractivity contribution in [3.63, 3.8) is 0 Å². The average molecular weight is 362 g/mol. The number of amides is 2. The second-order valence-electron chi connectivity index (χ2n) is 6.04. The van der Waals surface area contributed by atoms with Crippen LogP contribution in [0, 0.1) is 5.92 Å². The van der Waals surface area contributed by atoms with Crippen molar-refractivity contribution in [2.24, 2.45) is 5.92 Å². The number of furan rings is 1. The average Bonchev–Trinajstić information content (AvgIpc) is 3.18. The largest absolute Gasteiger partial charge is 0.467 e. The molecular formula is C17H18N2O5S. The fourth-order valence-electron chi connectivity index (χ4n) is 2.74. The summed E-state index contributed by atoms with van der Waals surface area (Å²) in [5.41, 5.74) is 0.393. The highest BCUT2D eigenvalue weighted by molar-refractivity contribution is 7.90. The number of hydrogen-bond acceptors (Lipinski definition) is 5. The van der Waals surface area contributed by atoms with Gasteiger partial charge in [0.05, 0.1) is 23.6 Å². The van der Waals surface area contributed by atoms with Crippen molar-refractivity contribution in [3.8, 4) is 0 Å². The minimum atomic E-state index is -3.35. The Morgan fingerprint density at radius 3 is 2.80 bits per heavy atom. The van der Waals surface area contributed by atoms with Gasteiger partial charge in [0.15, 0.2) is 9.84 Å². The first kappa shape index (κ1) is 17.2. The lowest BCUT2D eigenvalue weighted by molar-refractivity contribution is -0.128. The molecule has 1 unspecified atom stereocenters. The van der Waals surface area contributed by atoms with E-state index in [0.29, 0.717) is 24.5 Å². The van der Waals surface area contributed by atoms with Crippen molar-refractivity contribution in [1.29, 1.82) is 0 Å². The monoisotopic (exact) mass is 362 g/mol. The highest BCUT2D eigenvalue weighted by Gasteiger charge is 2.34.